The van der Waals surface area contributed by atoms with Crippen molar-refractivity contribution in [2.75, 3.05) is 24.7 Å². The van der Waals surface area contributed by atoms with Crippen molar-refractivity contribution in [2.24, 2.45) is 0 Å². The monoisotopic (exact) mass is 407 g/mol. The highest BCUT2D eigenvalue weighted by atomic mass is 32.2. The van der Waals surface area contributed by atoms with Gasteiger partial charge in [0.05, 0.1) is 17.1 Å². The maximum absolute atomic E-state index is 12.7. The maximum Gasteiger partial charge on any atom is 0.338 e. The second kappa shape index (κ2) is 8.34. The summed E-state index contributed by atoms with van der Waals surface area (Å²) in [5.74, 6) is -0.234. The standard InChI is InChI=1S/C20H25NO6S/c1-3-14(2)21(17-8-9-28(24,25)13-17)19(22)12-27-20(23)16-10-15-6-4-5-7-18(15)26-11-16/h4-7,10,14,17H,3,8-9,11-13H2,1-2H3/t14-,17+/m0/s1. The molecule has 2 aliphatic heterocycles. The number of hydrogen-bond donors (Lipinski definition) is 0. The molecule has 0 radical (unpaired) electrons. The molecule has 28 heavy (non-hydrogen) atoms. The Morgan fingerprint density at radius 1 is 1.32 bits per heavy atom. The van der Waals surface area contributed by atoms with E-state index in [1.807, 2.05) is 38.1 Å². The molecule has 1 fully saturated rings. The number of ether oxygens (including phenoxy) is 2. The van der Waals surface area contributed by atoms with Crippen molar-refractivity contribution in [3.05, 3.63) is 35.4 Å². The van der Waals surface area contributed by atoms with Gasteiger partial charge in [0.1, 0.15) is 12.4 Å². The van der Waals surface area contributed by atoms with E-state index in [9.17, 15) is 18.0 Å². The third kappa shape index (κ3) is 4.55. The molecule has 3 rings (SSSR count). The van der Waals surface area contributed by atoms with Crippen LogP contribution in [0.15, 0.2) is 29.8 Å². The van der Waals surface area contributed by atoms with Crippen LogP contribution in [0, 0.1) is 0 Å². The Labute approximate surface area is 165 Å². The predicted octanol–water partition coefficient (Wildman–Crippen LogP) is 1.82. The average molecular weight is 407 g/mol. The summed E-state index contributed by atoms with van der Waals surface area (Å²) in [6, 6.07) is 6.84. The Kier molecular flexibility index (Phi) is 6.07. The second-order valence-electron chi connectivity index (χ2n) is 7.19. The summed E-state index contributed by atoms with van der Waals surface area (Å²) in [6.07, 6.45) is 2.80. The molecular weight excluding hydrogens is 382 g/mol. The number of carbonyl (C=O) groups is 2. The highest BCUT2D eigenvalue weighted by Crippen LogP contribution is 2.26. The molecule has 1 aromatic rings. The van der Waals surface area contributed by atoms with Crippen LogP contribution in [-0.4, -0.2) is 62.0 Å². The molecule has 1 aromatic carbocycles. The third-order valence-electron chi connectivity index (χ3n) is 5.18. The number of benzene rings is 1. The van der Waals surface area contributed by atoms with Gasteiger partial charge in [-0.1, -0.05) is 25.1 Å². The SMILES string of the molecule is CC[C@H](C)N(C(=O)COC(=O)C1=Cc2ccccc2OC1)[C@@H]1CCS(=O)(=O)C1. The molecule has 2 atom stereocenters. The van der Waals surface area contributed by atoms with Gasteiger partial charge in [0.15, 0.2) is 16.4 Å². The summed E-state index contributed by atoms with van der Waals surface area (Å²) in [7, 11) is -3.12. The van der Waals surface area contributed by atoms with Gasteiger partial charge in [-0.3, -0.25) is 4.79 Å². The zero-order valence-electron chi connectivity index (χ0n) is 16.1. The van der Waals surface area contributed by atoms with Gasteiger partial charge in [-0.25, -0.2) is 13.2 Å². The molecular formula is C20H25NO6S. The van der Waals surface area contributed by atoms with Crippen LogP contribution in [0.3, 0.4) is 0 Å². The van der Waals surface area contributed by atoms with Crippen LogP contribution in [0.1, 0.15) is 32.3 Å². The topological polar surface area (TPSA) is 90.0 Å². The van der Waals surface area contributed by atoms with E-state index in [1.54, 1.807) is 11.0 Å². The summed E-state index contributed by atoms with van der Waals surface area (Å²) >= 11 is 0. The molecule has 2 heterocycles. The molecule has 0 aliphatic carbocycles. The number of rotatable bonds is 6. The maximum atomic E-state index is 12.7. The van der Waals surface area contributed by atoms with Crippen LogP contribution in [-0.2, 0) is 24.2 Å². The van der Waals surface area contributed by atoms with Crippen LogP contribution in [0.4, 0.5) is 0 Å². The van der Waals surface area contributed by atoms with Crippen LogP contribution in [0.2, 0.25) is 0 Å². The van der Waals surface area contributed by atoms with Crippen LogP contribution < -0.4 is 4.74 Å². The van der Waals surface area contributed by atoms with E-state index in [0.717, 1.165) is 5.56 Å². The van der Waals surface area contributed by atoms with E-state index < -0.39 is 22.4 Å². The molecule has 0 spiro atoms. The molecule has 0 aromatic heterocycles. The van der Waals surface area contributed by atoms with Crippen LogP contribution >= 0.6 is 0 Å². The summed E-state index contributed by atoms with van der Waals surface area (Å²) in [4.78, 5) is 26.7. The molecule has 0 N–H and O–H groups in total. The summed E-state index contributed by atoms with van der Waals surface area (Å²) in [5, 5.41) is 0. The number of esters is 1. The minimum Gasteiger partial charge on any atom is -0.488 e. The number of carbonyl (C=O) groups excluding carboxylic acids is 2. The molecule has 152 valence electrons. The van der Waals surface area contributed by atoms with E-state index in [1.165, 1.54) is 0 Å². The average Bonchev–Trinajstić information content (AvgIpc) is 3.04. The van der Waals surface area contributed by atoms with E-state index in [0.29, 0.717) is 24.2 Å². The Hall–Kier alpha value is -2.35. The van der Waals surface area contributed by atoms with E-state index in [4.69, 9.17) is 9.47 Å². The highest BCUT2D eigenvalue weighted by Gasteiger charge is 2.36. The molecule has 8 heteroatoms. The lowest BCUT2D eigenvalue weighted by molar-refractivity contribution is -0.151. The quantitative estimate of drug-likeness (QED) is 0.668. The number of hydrogen-bond acceptors (Lipinski definition) is 6. The lowest BCUT2D eigenvalue weighted by Crippen LogP contribution is -2.48. The summed E-state index contributed by atoms with van der Waals surface area (Å²) < 4.78 is 34.4. The first-order valence-corrected chi connectivity index (χ1v) is 11.2. The number of fused-ring (bicyclic) bond motifs is 1. The van der Waals surface area contributed by atoms with Crippen molar-refractivity contribution in [3.8, 4) is 5.75 Å². The normalized spacial score (nSPS) is 21.1. The van der Waals surface area contributed by atoms with Gasteiger partial charge in [-0.05, 0) is 31.9 Å². The number of para-hydroxylation sites is 1. The van der Waals surface area contributed by atoms with Crippen molar-refractivity contribution in [1.82, 2.24) is 4.90 Å². The first-order valence-electron chi connectivity index (χ1n) is 9.42. The Bertz CT molecular complexity index is 892. The van der Waals surface area contributed by atoms with E-state index in [-0.39, 0.29) is 36.1 Å². The van der Waals surface area contributed by atoms with E-state index in [2.05, 4.69) is 0 Å². The van der Waals surface area contributed by atoms with Gasteiger partial charge in [-0.15, -0.1) is 0 Å². The van der Waals surface area contributed by atoms with Gasteiger partial charge in [-0.2, -0.15) is 0 Å². The Morgan fingerprint density at radius 2 is 2.07 bits per heavy atom. The van der Waals surface area contributed by atoms with Gasteiger partial charge in [0.25, 0.3) is 5.91 Å². The largest absolute Gasteiger partial charge is 0.488 e. The number of nitrogens with zero attached hydrogens (tertiary/aromatic N) is 1. The molecule has 0 unspecified atom stereocenters. The first-order chi connectivity index (χ1) is 13.3. The van der Waals surface area contributed by atoms with Crippen molar-refractivity contribution in [2.45, 2.75) is 38.8 Å². The van der Waals surface area contributed by atoms with Crippen molar-refractivity contribution >= 4 is 27.8 Å². The molecule has 0 saturated carbocycles. The molecule has 1 amide bonds. The van der Waals surface area contributed by atoms with Crippen LogP contribution in [0.5, 0.6) is 5.75 Å². The Morgan fingerprint density at radius 3 is 2.75 bits per heavy atom. The molecule has 0 bridgehead atoms. The van der Waals surface area contributed by atoms with Crippen molar-refractivity contribution in [3.63, 3.8) is 0 Å². The Balaban J connectivity index is 1.64. The lowest BCUT2D eigenvalue weighted by Gasteiger charge is -2.33. The summed E-state index contributed by atoms with van der Waals surface area (Å²) in [5.41, 5.74) is 1.12. The minimum absolute atomic E-state index is 0.0349. The molecule has 1 saturated heterocycles. The number of amides is 1. The van der Waals surface area contributed by atoms with Gasteiger partial charge < -0.3 is 14.4 Å². The fourth-order valence-electron chi connectivity index (χ4n) is 3.53. The zero-order chi connectivity index (χ0) is 20.3. The third-order valence-corrected chi connectivity index (χ3v) is 6.93. The second-order valence-corrected chi connectivity index (χ2v) is 9.42. The first kappa shape index (κ1) is 20.4. The van der Waals surface area contributed by atoms with Gasteiger partial charge >= 0.3 is 5.97 Å². The van der Waals surface area contributed by atoms with Gasteiger partial charge in [0, 0.05) is 17.6 Å². The fourth-order valence-corrected chi connectivity index (χ4v) is 5.24. The smallest absolute Gasteiger partial charge is 0.338 e. The van der Waals surface area contributed by atoms with Gasteiger partial charge in [0.2, 0.25) is 0 Å². The zero-order valence-corrected chi connectivity index (χ0v) is 16.9. The molecule has 2 aliphatic rings. The van der Waals surface area contributed by atoms with Crippen molar-refractivity contribution in [1.29, 1.82) is 0 Å². The predicted molar refractivity (Wildman–Crippen MR) is 105 cm³/mol. The fraction of sp³-hybridized carbons (Fsp3) is 0.500. The molecule has 7 nitrogen and oxygen atoms in total. The number of sulfone groups is 1. The van der Waals surface area contributed by atoms with Crippen LogP contribution in [0.25, 0.3) is 6.08 Å². The lowest BCUT2D eigenvalue weighted by atomic mass is 10.1. The summed E-state index contributed by atoms with van der Waals surface area (Å²) in [6.45, 7) is 3.47. The minimum atomic E-state index is -3.12. The highest BCUT2D eigenvalue weighted by molar-refractivity contribution is 7.91. The van der Waals surface area contributed by atoms with Crippen molar-refractivity contribution < 1.29 is 27.5 Å². The van der Waals surface area contributed by atoms with E-state index >= 15 is 0 Å².